The quantitative estimate of drug-likeness (QED) is 0.0859. The Kier molecular flexibility index (Phi) is 29.7. The Morgan fingerprint density at radius 3 is 1.19 bits per heavy atom. The molecule has 0 unspecified atom stereocenters. The number of aromatic nitrogens is 3. The fraction of sp³-hybridized carbons (Fsp3) is 0.301. The van der Waals surface area contributed by atoms with E-state index in [9.17, 15) is 8.78 Å². The molecule has 14 aromatic rings. The molecule has 7 aromatic heterocycles. The number of unbranched alkanes of at least 4 members (excludes halogenated alkanes) is 4. The summed E-state index contributed by atoms with van der Waals surface area (Å²) >= 11 is 13.0. The molecular weight excluding hydrogens is 1270 g/mol. The van der Waals surface area contributed by atoms with Crippen LogP contribution in [0.25, 0.3) is 73.1 Å². The molecule has 0 aliphatic heterocycles. The predicted octanol–water partition coefficient (Wildman–Crippen LogP) is 26.8. The van der Waals surface area contributed by atoms with Gasteiger partial charge in [0.15, 0.2) is 0 Å². The largest absolute Gasteiger partial charge is 0.347 e. The molecule has 0 spiro atoms. The van der Waals surface area contributed by atoms with E-state index in [4.69, 9.17) is 22.1 Å². The smallest absolute Gasteiger partial charge is 0.125 e. The molecule has 0 N–H and O–H groups in total. The molecule has 0 saturated heterocycles. The monoisotopic (exact) mass is 1360 g/mol. The molecule has 0 bridgehead atoms. The third kappa shape index (κ3) is 20.8. The number of thiophene rings is 4. The highest BCUT2D eigenvalue weighted by Crippen LogP contribution is 2.32. The van der Waals surface area contributed by atoms with E-state index in [1.54, 1.807) is 46.1 Å². The first-order valence-corrected chi connectivity index (χ1v) is 37.8. The molecule has 95 heavy (non-hydrogen) atoms. The zero-order valence-electron chi connectivity index (χ0n) is 56.3. The second kappa shape index (κ2) is 38.6. The fourth-order valence-electron chi connectivity index (χ4n) is 11.4. The van der Waals surface area contributed by atoms with E-state index < -0.39 is 0 Å². The number of nitriles is 2. The molecule has 7 aromatic carbocycles. The molecule has 0 aliphatic rings. The van der Waals surface area contributed by atoms with Crippen LogP contribution in [0.2, 0.25) is 5.02 Å². The van der Waals surface area contributed by atoms with E-state index in [1.165, 1.54) is 155 Å². The summed E-state index contributed by atoms with van der Waals surface area (Å²) in [6.07, 6.45) is 24.1. The number of benzene rings is 7. The van der Waals surface area contributed by atoms with Crippen molar-refractivity contribution < 1.29 is 8.78 Å². The maximum absolute atomic E-state index is 13.0. The van der Waals surface area contributed by atoms with Gasteiger partial charge in [-0.3, -0.25) is 0 Å². The van der Waals surface area contributed by atoms with Crippen LogP contribution in [0.4, 0.5) is 8.78 Å². The van der Waals surface area contributed by atoms with Crippen molar-refractivity contribution in [2.75, 3.05) is 0 Å². The molecule has 0 fully saturated rings. The first-order chi connectivity index (χ1) is 46.5. The Morgan fingerprint density at radius 2 is 0.737 bits per heavy atom. The normalized spacial score (nSPS) is 10.7. The number of para-hydroxylation sites is 2. The van der Waals surface area contributed by atoms with Crippen LogP contribution >= 0.6 is 56.9 Å². The third-order valence-corrected chi connectivity index (χ3v) is 20.8. The first kappa shape index (κ1) is 72.9. The predicted molar refractivity (Wildman–Crippen MR) is 413 cm³/mol. The van der Waals surface area contributed by atoms with Gasteiger partial charge >= 0.3 is 0 Å². The van der Waals surface area contributed by atoms with Crippen molar-refractivity contribution >= 4 is 130 Å². The van der Waals surface area contributed by atoms with Crippen LogP contribution in [0.15, 0.2) is 198 Å². The number of hydrogen-bond acceptors (Lipinski definition) is 6. The van der Waals surface area contributed by atoms with Crippen molar-refractivity contribution in [1.29, 1.82) is 10.5 Å². The highest BCUT2D eigenvalue weighted by Gasteiger charge is 2.09. The van der Waals surface area contributed by atoms with E-state index in [0.717, 1.165) is 84.2 Å². The second-order valence-corrected chi connectivity index (χ2v) is 27.8. The van der Waals surface area contributed by atoms with Crippen LogP contribution in [-0.4, -0.2) is 13.7 Å². The first-order valence-electron chi connectivity index (χ1n) is 33.9. The second-order valence-electron chi connectivity index (χ2n) is 23.7. The van der Waals surface area contributed by atoms with Crippen LogP contribution in [0.3, 0.4) is 0 Å². The number of hydrogen-bond donors (Lipinski definition) is 0. The third-order valence-electron chi connectivity index (χ3n) is 16.5. The minimum Gasteiger partial charge on any atom is -0.347 e. The topological polar surface area (TPSA) is 62.4 Å². The molecule has 5 nitrogen and oxygen atoms in total. The molecule has 12 heteroatoms. The molecule has 0 aliphatic carbocycles. The van der Waals surface area contributed by atoms with Gasteiger partial charge in [-0.05, 0) is 267 Å². The lowest BCUT2D eigenvalue weighted by Gasteiger charge is -2.02. The van der Waals surface area contributed by atoms with Crippen molar-refractivity contribution in [3.8, 4) is 12.1 Å². The average Bonchev–Trinajstić information content (AvgIpc) is 1.88. The van der Waals surface area contributed by atoms with Gasteiger partial charge in [-0.1, -0.05) is 129 Å². The molecular formula is C83H90ClF2N5S4. The van der Waals surface area contributed by atoms with Crippen LogP contribution in [0.5, 0.6) is 0 Å². The van der Waals surface area contributed by atoms with E-state index >= 15 is 0 Å². The van der Waals surface area contributed by atoms with Gasteiger partial charge in [-0.15, -0.1) is 45.3 Å². The summed E-state index contributed by atoms with van der Waals surface area (Å²) in [5, 5.41) is 36.1. The summed E-state index contributed by atoms with van der Waals surface area (Å²) in [6.45, 7) is 18.5. The molecule has 7 heterocycles. The van der Waals surface area contributed by atoms with E-state index in [-0.39, 0.29) is 11.6 Å². The van der Waals surface area contributed by atoms with E-state index in [1.807, 2.05) is 78.2 Å². The Labute approximate surface area is 583 Å². The number of halogens is 3. The highest BCUT2D eigenvalue weighted by atomic mass is 35.5. The molecule has 14 rings (SSSR count). The Bertz CT molecular complexity index is 4630. The van der Waals surface area contributed by atoms with Crippen molar-refractivity contribution in [3.63, 3.8) is 0 Å². The Morgan fingerprint density at radius 1 is 0.358 bits per heavy atom. The molecule has 0 radical (unpaired) electrons. The zero-order valence-corrected chi connectivity index (χ0v) is 60.3. The Balaban J connectivity index is 0.000000142. The summed E-state index contributed by atoms with van der Waals surface area (Å²) in [6, 6.07) is 55.8. The van der Waals surface area contributed by atoms with Gasteiger partial charge in [0, 0.05) is 73.1 Å². The van der Waals surface area contributed by atoms with Crippen LogP contribution in [0, 0.1) is 34.3 Å². The van der Waals surface area contributed by atoms with Gasteiger partial charge in [0.1, 0.15) is 11.6 Å². The van der Waals surface area contributed by atoms with Gasteiger partial charge in [-0.25, -0.2) is 8.78 Å². The minimum atomic E-state index is -0.163. The Hall–Kier alpha value is -7.87. The summed E-state index contributed by atoms with van der Waals surface area (Å²) in [4.78, 5) is 0. The molecule has 0 saturated carbocycles. The summed E-state index contributed by atoms with van der Waals surface area (Å²) in [7, 11) is 0. The maximum Gasteiger partial charge on any atom is 0.125 e. The fourth-order valence-corrected chi connectivity index (χ4v) is 15.5. The summed E-state index contributed by atoms with van der Waals surface area (Å²) < 4.78 is 37.8. The average molecular weight is 1360 g/mol. The maximum atomic E-state index is 13.0. The summed E-state index contributed by atoms with van der Waals surface area (Å²) in [5.41, 5.74) is 10.7. The number of nitrogens with zero attached hydrogens (tertiary/aromatic N) is 5. The van der Waals surface area contributed by atoms with Gasteiger partial charge < -0.3 is 13.7 Å². The SMILES string of the molecule is CCCCc1csc2ccc(C#N)cc12.CCCCc1csc2ccc(Cl)cc12.CCCCc1csc2ccc(F)cc12.CCCCn1ccc2ccccc21.CCCc1csc2ccc(C#N)cc12.CCCn1ccc2ccc(F)cc21.CCCn1ccc2ccccc21. The molecule has 0 atom stereocenters. The number of aryl methyl sites for hydroxylation is 7. The van der Waals surface area contributed by atoms with Gasteiger partial charge in [0.05, 0.1) is 28.8 Å². The van der Waals surface area contributed by atoms with Crippen molar-refractivity contribution in [1.82, 2.24) is 13.7 Å². The van der Waals surface area contributed by atoms with Crippen LogP contribution in [0.1, 0.15) is 152 Å². The van der Waals surface area contributed by atoms with Gasteiger partial charge in [0.25, 0.3) is 0 Å². The zero-order chi connectivity index (χ0) is 67.3. The van der Waals surface area contributed by atoms with Crippen molar-refractivity contribution in [2.24, 2.45) is 0 Å². The van der Waals surface area contributed by atoms with Crippen LogP contribution in [-0.2, 0) is 45.3 Å². The number of rotatable bonds is 18. The van der Waals surface area contributed by atoms with E-state index in [0.29, 0.717) is 0 Å². The molecule has 492 valence electrons. The lowest BCUT2D eigenvalue weighted by Crippen LogP contribution is -1.94. The number of fused-ring (bicyclic) bond motifs is 7. The van der Waals surface area contributed by atoms with Crippen LogP contribution < -0.4 is 0 Å². The lowest BCUT2D eigenvalue weighted by molar-refractivity contribution is 0.627. The van der Waals surface area contributed by atoms with Gasteiger partial charge in [0.2, 0.25) is 0 Å². The van der Waals surface area contributed by atoms with Gasteiger partial charge in [-0.2, -0.15) is 10.5 Å². The summed E-state index contributed by atoms with van der Waals surface area (Å²) in [5.74, 6) is -0.294. The lowest BCUT2D eigenvalue weighted by atomic mass is 10.1. The standard InChI is InChI=1S/C13H13NS.C12H13ClS.C12H13FS.C12H11NS.C12H15N.C11H12FN.C11H13N/c1-2-3-4-11-9-15-13-6-5-10(8-14)7-12(11)13;2*1-2-3-4-9-8-14-12-6-5-10(13)7-11(9)12;1-2-3-10-8-14-12-5-4-9(7-13)6-11(10)12;1-2-3-9-13-10-8-11-6-4-5-7-12(11)13;1-2-6-13-7-5-9-3-4-10(12)8-11(9)13;1-2-8-12-9-7-10-5-3-4-6-11(10)12/h5-7,9H,2-4H2,1H3;2*5-8H,2-4H2,1H3;4-6,8H,2-3H2,1H3;4-8,10H,2-3,9H2,1H3;3-5,7-8H,2,6H2,1H3;3-7,9H,2,8H2,1H3. The minimum absolute atomic E-state index is 0.131. The highest BCUT2D eigenvalue weighted by molar-refractivity contribution is 7.18. The van der Waals surface area contributed by atoms with Crippen molar-refractivity contribution in [3.05, 3.63) is 248 Å². The van der Waals surface area contributed by atoms with Crippen molar-refractivity contribution in [2.45, 2.75) is 164 Å². The van der Waals surface area contributed by atoms with E-state index in [2.05, 4.69) is 181 Å². The molecule has 0 amide bonds.